The van der Waals surface area contributed by atoms with Crippen LogP contribution >= 0.6 is 47.0 Å². The molecule has 0 aromatic heterocycles. The molecule has 4 aromatic rings. The number of unbranched alkanes of at least 4 members (excludes halogenated alkanes) is 36. The quantitative estimate of drug-likeness (QED) is 0.0246. The van der Waals surface area contributed by atoms with Crippen molar-refractivity contribution >= 4 is 79.4 Å². The van der Waals surface area contributed by atoms with Crippen LogP contribution < -0.4 is 0 Å². The smallest absolute Gasteiger partial charge is 0.0162 e. The van der Waals surface area contributed by atoms with E-state index >= 15 is 0 Å². The first-order valence-corrected chi connectivity index (χ1v) is 34.0. The van der Waals surface area contributed by atoms with E-state index in [0.29, 0.717) is 0 Å². The van der Waals surface area contributed by atoms with Gasteiger partial charge in [0.25, 0.3) is 0 Å². The van der Waals surface area contributed by atoms with Gasteiger partial charge in [0.05, 0.1) is 0 Å². The van der Waals surface area contributed by atoms with Gasteiger partial charge < -0.3 is 0 Å². The number of hydrogen-bond donors (Lipinski definition) is 0. The SMILES string of the molecule is CCCCCCCCCCCCSc1cc(SCCCCCCCCCCCC)c2ccc3c(SCCCCCCCCCCCC)cc(SCCCCCCCCCCCC)c4ccc1c2c43. The van der Waals surface area contributed by atoms with Crippen molar-refractivity contribution in [3.8, 4) is 0 Å². The molecule has 0 nitrogen and oxygen atoms in total. The van der Waals surface area contributed by atoms with Gasteiger partial charge in [-0.3, -0.25) is 0 Å². The van der Waals surface area contributed by atoms with Gasteiger partial charge in [0, 0.05) is 19.6 Å². The molecule has 0 aliphatic rings. The maximum atomic E-state index is 2.63. The normalized spacial score (nSPS) is 12.0. The molecule has 0 bridgehead atoms. The average Bonchev–Trinajstić information content (AvgIpc) is 3.35. The lowest BCUT2D eigenvalue weighted by Gasteiger charge is -2.20. The highest BCUT2D eigenvalue weighted by Crippen LogP contribution is 2.48. The minimum Gasteiger partial charge on any atom is -0.125 e. The van der Waals surface area contributed by atoms with E-state index in [1.807, 2.05) is 0 Å². The van der Waals surface area contributed by atoms with Gasteiger partial charge in [-0.15, -0.1) is 47.0 Å². The maximum absolute atomic E-state index is 2.63. The molecule has 0 spiro atoms. The van der Waals surface area contributed by atoms with Crippen LogP contribution in [0.5, 0.6) is 0 Å². The molecular formula is C64H106S4. The molecule has 0 radical (unpaired) electrons. The van der Waals surface area contributed by atoms with Gasteiger partial charge in [0.1, 0.15) is 0 Å². The molecule has 0 aliphatic carbocycles. The topological polar surface area (TPSA) is 0 Å². The first-order valence-electron chi connectivity index (χ1n) is 30.0. The van der Waals surface area contributed by atoms with E-state index in [0.717, 1.165) is 0 Å². The lowest BCUT2D eigenvalue weighted by molar-refractivity contribution is 0.563. The number of thioether (sulfide) groups is 4. The van der Waals surface area contributed by atoms with E-state index in [1.54, 1.807) is 10.8 Å². The highest BCUT2D eigenvalue weighted by molar-refractivity contribution is 8.00. The average molecular weight is 1000 g/mol. The Morgan fingerprint density at radius 1 is 0.221 bits per heavy atom. The fraction of sp³-hybridized carbons (Fsp3) is 0.750. The summed E-state index contributed by atoms with van der Waals surface area (Å²) in [6, 6.07) is 15.4. The molecule has 0 fully saturated rings. The van der Waals surface area contributed by atoms with Crippen LogP contribution in [0, 0.1) is 0 Å². The highest BCUT2D eigenvalue weighted by atomic mass is 32.2. The molecule has 0 saturated heterocycles. The van der Waals surface area contributed by atoms with Crippen molar-refractivity contribution in [2.45, 2.75) is 304 Å². The Balaban J connectivity index is 1.49. The molecule has 0 N–H and O–H groups in total. The van der Waals surface area contributed by atoms with Crippen LogP contribution in [0.1, 0.15) is 285 Å². The summed E-state index contributed by atoms with van der Waals surface area (Å²) < 4.78 is 0. The lowest BCUT2D eigenvalue weighted by atomic mass is 9.94. The molecule has 68 heavy (non-hydrogen) atoms. The number of rotatable bonds is 48. The minimum absolute atomic E-state index is 1.24. The summed E-state index contributed by atoms with van der Waals surface area (Å²) in [5.41, 5.74) is 0. The van der Waals surface area contributed by atoms with Crippen LogP contribution in [0.4, 0.5) is 0 Å². The molecule has 0 saturated carbocycles. The minimum atomic E-state index is 1.24. The third-order valence-electron chi connectivity index (χ3n) is 14.8. The van der Waals surface area contributed by atoms with Gasteiger partial charge in [-0.25, -0.2) is 0 Å². The van der Waals surface area contributed by atoms with E-state index in [4.69, 9.17) is 0 Å². The van der Waals surface area contributed by atoms with Gasteiger partial charge in [0.15, 0.2) is 0 Å². The zero-order valence-electron chi connectivity index (χ0n) is 45.2. The van der Waals surface area contributed by atoms with Crippen LogP contribution in [0.2, 0.25) is 0 Å². The molecule has 4 heteroatoms. The first-order chi connectivity index (χ1) is 33.7. The van der Waals surface area contributed by atoms with Crippen molar-refractivity contribution in [2.24, 2.45) is 0 Å². The van der Waals surface area contributed by atoms with Crippen LogP contribution in [0.25, 0.3) is 32.3 Å². The van der Waals surface area contributed by atoms with E-state index in [1.165, 1.54) is 321 Å². The van der Waals surface area contributed by atoms with E-state index in [9.17, 15) is 0 Å². The lowest BCUT2D eigenvalue weighted by Crippen LogP contribution is -1.94. The second-order valence-corrected chi connectivity index (χ2v) is 25.5. The van der Waals surface area contributed by atoms with Crippen LogP contribution in [0.3, 0.4) is 0 Å². The molecule has 0 aliphatic heterocycles. The van der Waals surface area contributed by atoms with Gasteiger partial charge in [-0.1, -0.05) is 283 Å². The van der Waals surface area contributed by atoms with E-state index < -0.39 is 0 Å². The zero-order chi connectivity index (χ0) is 48.0. The van der Waals surface area contributed by atoms with E-state index in [2.05, 4.69) is 111 Å². The third kappa shape index (κ3) is 24.4. The van der Waals surface area contributed by atoms with Crippen molar-refractivity contribution in [3.05, 3.63) is 36.4 Å². The maximum Gasteiger partial charge on any atom is 0.0162 e. The van der Waals surface area contributed by atoms with Crippen molar-refractivity contribution in [1.29, 1.82) is 0 Å². The predicted molar refractivity (Wildman–Crippen MR) is 320 cm³/mol. The molecule has 4 aromatic carbocycles. The zero-order valence-corrected chi connectivity index (χ0v) is 48.5. The summed E-state index contributed by atoms with van der Waals surface area (Å²) in [5.74, 6) is 4.96. The fourth-order valence-electron chi connectivity index (χ4n) is 10.4. The van der Waals surface area contributed by atoms with Crippen LogP contribution in [-0.4, -0.2) is 23.0 Å². The first kappa shape index (κ1) is 59.9. The molecule has 4 rings (SSSR count). The van der Waals surface area contributed by atoms with Crippen molar-refractivity contribution < 1.29 is 0 Å². The highest BCUT2D eigenvalue weighted by Gasteiger charge is 2.20. The van der Waals surface area contributed by atoms with Gasteiger partial charge in [-0.2, -0.15) is 0 Å². The summed E-state index contributed by atoms with van der Waals surface area (Å²) in [6.07, 6.45) is 56.3. The number of benzene rings is 4. The van der Waals surface area contributed by atoms with Gasteiger partial charge in [-0.05, 0) is 93.1 Å². The predicted octanol–water partition coefficient (Wildman–Crippen LogP) is 24.6. The third-order valence-corrected chi connectivity index (χ3v) is 19.3. The number of hydrogen-bond acceptors (Lipinski definition) is 4. The van der Waals surface area contributed by atoms with Crippen LogP contribution in [-0.2, 0) is 0 Å². The molecular weight excluding hydrogens is 897 g/mol. The Morgan fingerprint density at radius 3 is 0.559 bits per heavy atom. The molecule has 0 heterocycles. The standard InChI is InChI=1S/C64H106S4/c1-5-9-13-17-21-25-29-33-37-41-49-65-59-53-60(66-50-42-38-34-30-26-22-18-14-10-6-2)56-47-48-58-62(68-52-44-40-36-32-28-24-20-16-12-8-4)54-61(57-46-45-55(59)63(56)64(57)58)67-51-43-39-35-31-27-23-19-15-11-7-3/h45-48,53-54H,5-44,49-52H2,1-4H3. The van der Waals surface area contributed by atoms with Gasteiger partial charge >= 0.3 is 0 Å². The molecule has 0 atom stereocenters. The Kier molecular flexibility index (Phi) is 35.9. The van der Waals surface area contributed by atoms with Crippen molar-refractivity contribution in [1.82, 2.24) is 0 Å². The second kappa shape index (κ2) is 40.8. The molecule has 386 valence electrons. The van der Waals surface area contributed by atoms with Crippen molar-refractivity contribution in [3.63, 3.8) is 0 Å². The van der Waals surface area contributed by atoms with Gasteiger partial charge in [0.2, 0.25) is 0 Å². The Hall–Kier alpha value is -0.680. The summed E-state index contributed by atoms with van der Waals surface area (Å²) in [6.45, 7) is 9.30. The summed E-state index contributed by atoms with van der Waals surface area (Å²) in [7, 11) is 0. The van der Waals surface area contributed by atoms with E-state index in [-0.39, 0.29) is 0 Å². The molecule has 0 unspecified atom stereocenters. The molecule has 0 amide bonds. The summed E-state index contributed by atoms with van der Waals surface area (Å²) >= 11 is 8.67. The van der Waals surface area contributed by atoms with Crippen LogP contribution in [0.15, 0.2) is 56.0 Å². The summed E-state index contributed by atoms with van der Waals surface area (Å²) in [5, 5.41) is 9.20. The largest absolute Gasteiger partial charge is 0.125 e. The second-order valence-electron chi connectivity index (χ2n) is 20.9. The monoisotopic (exact) mass is 1000 g/mol. The Morgan fingerprint density at radius 2 is 0.382 bits per heavy atom. The Labute approximate surface area is 439 Å². The Bertz CT molecular complexity index is 1530. The van der Waals surface area contributed by atoms with Crippen molar-refractivity contribution in [2.75, 3.05) is 23.0 Å². The summed E-state index contributed by atoms with van der Waals surface area (Å²) in [4.78, 5) is 6.15. The fourth-order valence-corrected chi connectivity index (χ4v) is 15.0.